The molecule has 3 rings (SSSR count). The van der Waals surface area contributed by atoms with Crippen LogP contribution in [0, 0.1) is 11.3 Å². The quantitative estimate of drug-likeness (QED) is 0.796. The summed E-state index contributed by atoms with van der Waals surface area (Å²) >= 11 is 0. The van der Waals surface area contributed by atoms with Crippen LogP contribution in [-0.2, 0) is 13.0 Å². The number of nitrogens with one attached hydrogen (secondary N) is 1. The third-order valence-corrected chi connectivity index (χ3v) is 3.43. The predicted molar refractivity (Wildman–Crippen MR) is 81.9 cm³/mol. The van der Waals surface area contributed by atoms with Crippen molar-refractivity contribution in [3.05, 3.63) is 54.0 Å². The van der Waals surface area contributed by atoms with Gasteiger partial charge in [-0.05, 0) is 18.2 Å². The minimum Gasteiger partial charge on any atom is -0.373 e. The number of aromatic nitrogens is 3. The van der Waals surface area contributed by atoms with E-state index in [0.29, 0.717) is 13.0 Å². The Hall–Kier alpha value is -2.87. The fraction of sp³-hybridized carbons (Fsp3) is 0.188. The van der Waals surface area contributed by atoms with Gasteiger partial charge in [0.25, 0.3) is 0 Å². The van der Waals surface area contributed by atoms with Gasteiger partial charge in [0, 0.05) is 18.8 Å². The monoisotopic (exact) mass is 277 g/mol. The third-order valence-electron chi connectivity index (χ3n) is 3.43. The molecule has 5 heteroatoms. The molecule has 2 heterocycles. The van der Waals surface area contributed by atoms with Crippen molar-refractivity contribution in [3.63, 3.8) is 0 Å². The Labute approximate surface area is 122 Å². The van der Waals surface area contributed by atoms with Crippen molar-refractivity contribution in [2.75, 3.05) is 12.4 Å². The number of hydrogen-bond acceptors (Lipinski definition) is 4. The van der Waals surface area contributed by atoms with Crippen molar-refractivity contribution >= 4 is 16.9 Å². The summed E-state index contributed by atoms with van der Waals surface area (Å²) in [6.45, 7) is 0.640. The van der Waals surface area contributed by atoms with Gasteiger partial charge >= 0.3 is 0 Å². The molecule has 3 aromatic rings. The second kappa shape index (κ2) is 5.63. The van der Waals surface area contributed by atoms with Crippen LogP contribution in [0.2, 0.25) is 0 Å². The van der Waals surface area contributed by atoms with Gasteiger partial charge < -0.3 is 9.88 Å². The van der Waals surface area contributed by atoms with Gasteiger partial charge in [0.15, 0.2) is 0 Å². The molecule has 0 spiro atoms. The first-order valence-corrected chi connectivity index (χ1v) is 6.76. The SMILES string of the molecule is CNc1ncccc1Cn1c(CC#N)nc2ccccc21. The van der Waals surface area contributed by atoms with Crippen LogP contribution in [0.25, 0.3) is 11.0 Å². The Morgan fingerprint density at radius 2 is 2.10 bits per heavy atom. The van der Waals surface area contributed by atoms with Gasteiger partial charge in [-0.2, -0.15) is 5.26 Å². The van der Waals surface area contributed by atoms with Crippen molar-refractivity contribution in [2.45, 2.75) is 13.0 Å². The largest absolute Gasteiger partial charge is 0.373 e. The van der Waals surface area contributed by atoms with Crippen LogP contribution in [0.1, 0.15) is 11.4 Å². The molecular formula is C16H15N5. The van der Waals surface area contributed by atoms with E-state index in [-0.39, 0.29) is 0 Å². The average Bonchev–Trinajstić information content (AvgIpc) is 2.86. The zero-order valence-electron chi connectivity index (χ0n) is 11.7. The summed E-state index contributed by atoms with van der Waals surface area (Å²) in [5.41, 5.74) is 3.02. The van der Waals surface area contributed by atoms with E-state index >= 15 is 0 Å². The van der Waals surface area contributed by atoms with Crippen LogP contribution in [0.15, 0.2) is 42.6 Å². The lowest BCUT2D eigenvalue weighted by atomic mass is 10.2. The van der Waals surface area contributed by atoms with Crippen LogP contribution in [0.3, 0.4) is 0 Å². The van der Waals surface area contributed by atoms with Gasteiger partial charge in [-0.25, -0.2) is 9.97 Å². The molecule has 1 aromatic carbocycles. The smallest absolute Gasteiger partial charge is 0.130 e. The van der Waals surface area contributed by atoms with Crippen LogP contribution < -0.4 is 5.32 Å². The zero-order chi connectivity index (χ0) is 14.7. The van der Waals surface area contributed by atoms with E-state index in [4.69, 9.17) is 5.26 Å². The number of pyridine rings is 1. The van der Waals surface area contributed by atoms with Gasteiger partial charge in [0.05, 0.1) is 30.1 Å². The first kappa shape index (κ1) is 13.1. The maximum Gasteiger partial charge on any atom is 0.130 e. The summed E-state index contributed by atoms with van der Waals surface area (Å²) in [7, 11) is 1.86. The highest BCUT2D eigenvalue weighted by atomic mass is 15.1. The highest BCUT2D eigenvalue weighted by Crippen LogP contribution is 2.20. The van der Waals surface area contributed by atoms with Gasteiger partial charge in [-0.3, -0.25) is 0 Å². The molecule has 0 saturated heterocycles. The number of nitriles is 1. The molecule has 5 nitrogen and oxygen atoms in total. The highest BCUT2D eigenvalue weighted by molar-refractivity contribution is 5.76. The average molecular weight is 277 g/mol. The summed E-state index contributed by atoms with van der Waals surface area (Å²) in [5, 5.41) is 12.1. The molecule has 0 unspecified atom stereocenters. The lowest BCUT2D eigenvalue weighted by Gasteiger charge is -2.11. The summed E-state index contributed by atoms with van der Waals surface area (Å²) < 4.78 is 2.08. The first-order chi connectivity index (χ1) is 10.3. The number of para-hydroxylation sites is 2. The fourth-order valence-corrected chi connectivity index (χ4v) is 2.47. The third kappa shape index (κ3) is 2.43. The molecule has 0 aliphatic rings. The van der Waals surface area contributed by atoms with Crippen LogP contribution in [0.4, 0.5) is 5.82 Å². The van der Waals surface area contributed by atoms with Crippen molar-refractivity contribution in [3.8, 4) is 6.07 Å². The number of anilines is 1. The molecule has 0 amide bonds. The molecule has 0 aliphatic heterocycles. The number of nitrogens with zero attached hydrogens (tertiary/aromatic N) is 4. The van der Waals surface area contributed by atoms with Crippen molar-refractivity contribution in [1.82, 2.24) is 14.5 Å². The normalized spacial score (nSPS) is 10.5. The van der Waals surface area contributed by atoms with E-state index in [1.165, 1.54) is 0 Å². The number of hydrogen-bond donors (Lipinski definition) is 1. The molecule has 0 aliphatic carbocycles. The summed E-state index contributed by atoms with van der Waals surface area (Å²) in [5.74, 6) is 1.63. The fourth-order valence-electron chi connectivity index (χ4n) is 2.47. The van der Waals surface area contributed by atoms with Gasteiger partial charge in [0.1, 0.15) is 11.6 Å². The second-order valence-corrected chi connectivity index (χ2v) is 4.70. The molecule has 1 N–H and O–H groups in total. The standard InChI is InChI=1S/C16H15N5/c1-18-16-12(5-4-10-19-16)11-21-14-7-3-2-6-13(14)20-15(21)8-9-17/h2-7,10H,8,11H2,1H3,(H,18,19). The van der Waals surface area contributed by atoms with Crippen molar-refractivity contribution < 1.29 is 0 Å². The molecule has 0 atom stereocenters. The highest BCUT2D eigenvalue weighted by Gasteiger charge is 2.12. The zero-order valence-corrected chi connectivity index (χ0v) is 11.7. The maximum atomic E-state index is 9.01. The van der Waals surface area contributed by atoms with Crippen LogP contribution in [-0.4, -0.2) is 21.6 Å². The Kier molecular flexibility index (Phi) is 3.52. The Morgan fingerprint density at radius 1 is 1.24 bits per heavy atom. The van der Waals surface area contributed by atoms with E-state index in [2.05, 4.69) is 25.9 Å². The Balaban J connectivity index is 2.11. The maximum absolute atomic E-state index is 9.01. The Bertz CT molecular complexity index is 813. The van der Waals surface area contributed by atoms with Crippen molar-refractivity contribution in [2.24, 2.45) is 0 Å². The second-order valence-electron chi connectivity index (χ2n) is 4.70. The van der Waals surface area contributed by atoms with Gasteiger partial charge in [-0.1, -0.05) is 18.2 Å². The molecule has 21 heavy (non-hydrogen) atoms. The van der Waals surface area contributed by atoms with Gasteiger partial charge in [0.2, 0.25) is 0 Å². The molecule has 2 aromatic heterocycles. The summed E-state index contributed by atoms with van der Waals surface area (Å²) in [6, 6.07) is 14.1. The van der Waals surface area contributed by atoms with Gasteiger partial charge in [-0.15, -0.1) is 0 Å². The summed E-state index contributed by atoms with van der Waals surface area (Å²) in [4.78, 5) is 8.88. The number of benzene rings is 1. The molecule has 0 fully saturated rings. The molecule has 0 saturated carbocycles. The van der Waals surface area contributed by atoms with E-state index in [0.717, 1.165) is 28.2 Å². The van der Waals surface area contributed by atoms with E-state index < -0.39 is 0 Å². The Morgan fingerprint density at radius 3 is 2.90 bits per heavy atom. The lowest BCUT2D eigenvalue weighted by molar-refractivity contribution is 0.768. The van der Waals surface area contributed by atoms with Crippen molar-refractivity contribution in [1.29, 1.82) is 5.26 Å². The lowest BCUT2D eigenvalue weighted by Crippen LogP contribution is -2.07. The topological polar surface area (TPSA) is 66.5 Å². The molecular weight excluding hydrogens is 262 g/mol. The molecule has 104 valence electrons. The van der Waals surface area contributed by atoms with Crippen LogP contribution >= 0.6 is 0 Å². The van der Waals surface area contributed by atoms with Crippen LogP contribution in [0.5, 0.6) is 0 Å². The summed E-state index contributed by atoms with van der Waals surface area (Å²) in [6.07, 6.45) is 2.06. The number of imidazole rings is 1. The first-order valence-electron chi connectivity index (χ1n) is 6.76. The number of fused-ring (bicyclic) bond motifs is 1. The van der Waals surface area contributed by atoms with E-state index in [1.807, 2.05) is 43.4 Å². The van der Waals surface area contributed by atoms with E-state index in [1.54, 1.807) is 6.20 Å². The minimum absolute atomic E-state index is 0.295. The predicted octanol–water partition coefficient (Wildman–Crippen LogP) is 2.59. The molecule has 0 bridgehead atoms. The molecule has 0 radical (unpaired) electrons. The van der Waals surface area contributed by atoms with E-state index in [9.17, 15) is 0 Å². The minimum atomic E-state index is 0.295. The number of rotatable bonds is 4.